The molecule has 0 spiro atoms. The Morgan fingerprint density at radius 1 is 1.07 bits per heavy atom. The molecule has 0 radical (unpaired) electrons. The van der Waals surface area contributed by atoms with Crippen LogP contribution in [0.5, 0.6) is 0 Å². The average Bonchev–Trinajstić information content (AvgIpc) is 3.42. The van der Waals surface area contributed by atoms with Gasteiger partial charge < -0.3 is 14.3 Å². The largest absolute Gasteiger partial charge is 0.342 e. The topological polar surface area (TPSA) is 65.7 Å². The molecule has 2 aliphatic heterocycles. The number of piperazine rings is 1. The Labute approximate surface area is 170 Å². The number of aromatic nitrogens is 2. The summed E-state index contributed by atoms with van der Waals surface area (Å²) in [6.07, 6.45) is 5.41. The molecule has 1 amide bonds. The molecular formula is C20H29N5O2S. The molecule has 0 aliphatic carbocycles. The molecule has 4 heterocycles. The Hall–Kier alpha value is -1.77. The summed E-state index contributed by atoms with van der Waals surface area (Å²) in [5.41, 5.74) is 0. The summed E-state index contributed by atoms with van der Waals surface area (Å²) in [7, 11) is 0. The number of hydrogen-bond acceptors (Lipinski definition) is 7. The number of amides is 1. The highest BCUT2D eigenvalue weighted by atomic mass is 32.1. The number of rotatable bonds is 7. The van der Waals surface area contributed by atoms with Gasteiger partial charge in [-0.15, -0.1) is 11.3 Å². The second-order valence-corrected chi connectivity index (χ2v) is 8.60. The Kier molecular flexibility index (Phi) is 6.72. The predicted octanol–water partition coefficient (Wildman–Crippen LogP) is 2.36. The van der Waals surface area contributed by atoms with Crippen molar-refractivity contribution in [3.63, 3.8) is 0 Å². The zero-order valence-corrected chi connectivity index (χ0v) is 17.2. The minimum atomic E-state index is 0.311. The number of carbonyl (C=O) groups is 1. The van der Waals surface area contributed by atoms with E-state index < -0.39 is 0 Å². The third kappa shape index (κ3) is 5.18. The summed E-state index contributed by atoms with van der Waals surface area (Å²) in [5, 5.41) is 6.09. The molecule has 0 aromatic carbocycles. The molecule has 2 aromatic heterocycles. The third-order valence-electron chi connectivity index (χ3n) is 5.61. The minimum absolute atomic E-state index is 0.311. The molecule has 0 atom stereocenters. The van der Waals surface area contributed by atoms with Crippen LogP contribution in [0.15, 0.2) is 22.0 Å². The van der Waals surface area contributed by atoms with E-state index in [4.69, 9.17) is 4.52 Å². The molecule has 0 saturated carbocycles. The minimum Gasteiger partial charge on any atom is -0.342 e. The number of aryl methyl sites for hydroxylation is 1. The number of carbonyl (C=O) groups excluding carboxylic acids is 1. The van der Waals surface area contributed by atoms with Crippen LogP contribution in [0, 0.1) is 0 Å². The van der Waals surface area contributed by atoms with E-state index in [2.05, 4.69) is 19.9 Å². The highest BCUT2D eigenvalue weighted by Gasteiger charge is 2.22. The zero-order valence-electron chi connectivity index (χ0n) is 16.4. The number of hydrogen-bond donors (Lipinski definition) is 0. The predicted molar refractivity (Wildman–Crippen MR) is 109 cm³/mol. The van der Waals surface area contributed by atoms with Gasteiger partial charge in [0.15, 0.2) is 0 Å². The molecule has 28 heavy (non-hydrogen) atoms. The maximum absolute atomic E-state index is 12.4. The molecule has 4 rings (SSSR count). The molecule has 7 nitrogen and oxygen atoms in total. The van der Waals surface area contributed by atoms with E-state index in [1.54, 1.807) is 11.3 Å². The summed E-state index contributed by atoms with van der Waals surface area (Å²) >= 11 is 1.62. The molecule has 152 valence electrons. The Bertz CT molecular complexity index is 734. The van der Waals surface area contributed by atoms with Gasteiger partial charge in [-0.2, -0.15) is 4.98 Å². The van der Waals surface area contributed by atoms with Gasteiger partial charge in [0.25, 0.3) is 0 Å². The monoisotopic (exact) mass is 403 g/mol. The van der Waals surface area contributed by atoms with Crippen LogP contribution in [0.25, 0.3) is 10.7 Å². The highest BCUT2D eigenvalue weighted by molar-refractivity contribution is 7.13. The van der Waals surface area contributed by atoms with Gasteiger partial charge >= 0.3 is 0 Å². The van der Waals surface area contributed by atoms with Gasteiger partial charge in [-0.3, -0.25) is 9.69 Å². The number of likely N-dealkylation sites (tertiary alicyclic amines) is 1. The van der Waals surface area contributed by atoms with E-state index in [-0.39, 0.29) is 0 Å². The third-order valence-corrected chi connectivity index (χ3v) is 6.47. The summed E-state index contributed by atoms with van der Waals surface area (Å²) in [6, 6.07) is 4.00. The fraction of sp³-hybridized carbons (Fsp3) is 0.650. The van der Waals surface area contributed by atoms with Gasteiger partial charge in [-0.05, 0) is 43.7 Å². The van der Waals surface area contributed by atoms with Crippen LogP contribution in [0.2, 0.25) is 0 Å². The molecule has 0 unspecified atom stereocenters. The van der Waals surface area contributed by atoms with Crippen molar-refractivity contribution in [2.24, 2.45) is 0 Å². The second-order valence-electron chi connectivity index (χ2n) is 7.65. The molecule has 2 aliphatic rings. The van der Waals surface area contributed by atoms with Crippen molar-refractivity contribution in [3.05, 3.63) is 23.4 Å². The highest BCUT2D eigenvalue weighted by Crippen LogP contribution is 2.21. The van der Waals surface area contributed by atoms with Gasteiger partial charge in [0.1, 0.15) is 0 Å². The van der Waals surface area contributed by atoms with Crippen LogP contribution in [0.3, 0.4) is 0 Å². The Morgan fingerprint density at radius 2 is 1.86 bits per heavy atom. The van der Waals surface area contributed by atoms with Crippen LogP contribution < -0.4 is 0 Å². The van der Waals surface area contributed by atoms with E-state index in [0.717, 1.165) is 76.4 Å². The summed E-state index contributed by atoms with van der Waals surface area (Å²) in [5.74, 6) is 1.72. The van der Waals surface area contributed by atoms with Gasteiger partial charge in [0, 0.05) is 45.7 Å². The van der Waals surface area contributed by atoms with E-state index in [9.17, 15) is 4.79 Å². The van der Waals surface area contributed by atoms with E-state index in [0.29, 0.717) is 24.2 Å². The first kappa shape index (κ1) is 19.5. The van der Waals surface area contributed by atoms with Gasteiger partial charge in [0.05, 0.1) is 11.4 Å². The molecular weight excluding hydrogens is 374 g/mol. The summed E-state index contributed by atoms with van der Waals surface area (Å²) in [6.45, 7) is 7.51. The molecule has 2 aromatic rings. The van der Waals surface area contributed by atoms with Crippen molar-refractivity contribution >= 4 is 17.2 Å². The van der Waals surface area contributed by atoms with Crippen molar-refractivity contribution in [3.8, 4) is 10.7 Å². The quantitative estimate of drug-likeness (QED) is 0.707. The lowest BCUT2D eigenvalue weighted by Gasteiger charge is -2.36. The zero-order chi connectivity index (χ0) is 19.2. The van der Waals surface area contributed by atoms with Gasteiger partial charge in [-0.25, -0.2) is 0 Å². The van der Waals surface area contributed by atoms with Gasteiger partial charge in [0.2, 0.25) is 17.6 Å². The lowest BCUT2D eigenvalue weighted by molar-refractivity contribution is -0.133. The van der Waals surface area contributed by atoms with E-state index in [1.165, 1.54) is 6.42 Å². The van der Waals surface area contributed by atoms with Crippen molar-refractivity contribution < 1.29 is 9.32 Å². The summed E-state index contributed by atoms with van der Waals surface area (Å²) < 4.78 is 5.37. The smallest absolute Gasteiger partial charge is 0.236 e. The van der Waals surface area contributed by atoms with Crippen LogP contribution in [-0.2, 0) is 11.2 Å². The molecule has 8 heteroatoms. The van der Waals surface area contributed by atoms with Crippen molar-refractivity contribution in [1.82, 2.24) is 24.8 Å². The lowest BCUT2D eigenvalue weighted by atomic mass is 10.1. The number of thiophene rings is 1. The normalized spacial score (nSPS) is 19.2. The standard InChI is InChI=1S/C20H29N5O2S/c26-19(25-9-2-1-3-10-25)16-24-13-11-23(12-14-24)8-4-7-18-21-20(22-27-18)17-6-5-15-28-17/h5-6,15H,1-4,7-14,16H2. The molecule has 0 bridgehead atoms. The molecule has 0 N–H and O–H groups in total. The van der Waals surface area contributed by atoms with E-state index >= 15 is 0 Å². The Morgan fingerprint density at radius 3 is 2.61 bits per heavy atom. The SMILES string of the molecule is O=C(CN1CCN(CCCc2nc(-c3cccs3)no2)CC1)N1CCCCC1. The first-order valence-electron chi connectivity index (χ1n) is 10.4. The number of piperidine rings is 1. The van der Waals surface area contributed by atoms with Crippen molar-refractivity contribution in [2.75, 3.05) is 52.4 Å². The first-order chi connectivity index (χ1) is 13.8. The first-order valence-corrected chi connectivity index (χ1v) is 11.2. The van der Waals surface area contributed by atoms with E-state index in [1.807, 2.05) is 22.4 Å². The molecule has 2 fully saturated rings. The molecule has 2 saturated heterocycles. The van der Waals surface area contributed by atoms with Crippen molar-refractivity contribution in [2.45, 2.75) is 32.1 Å². The van der Waals surface area contributed by atoms with Gasteiger partial charge in [-0.1, -0.05) is 11.2 Å². The maximum Gasteiger partial charge on any atom is 0.236 e. The van der Waals surface area contributed by atoms with Crippen LogP contribution in [-0.4, -0.2) is 83.1 Å². The maximum atomic E-state index is 12.4. The second kappa shape index (κ2) is 9.62. The van der Waals surface area contributed by atoms with Crippen LogP contribution >= 0.6 is 11.3 Å². The fourth-order valence-corrected chi connectivity index (χ4v) is 4.57. The average molecular weight is 404 g/mol. The fourth-order valence-electron chi connectivity index (χ4n) is 3.92. The Balaban J connectivity index is 1.13. The van der Waals surface area contributed by atoms with Crippen molar-refractivity contribution in [1.29, 1.82) is 0 Å². The summed E-state index contributed by atoms with van der Waals surface area (Å²) in [4.78, 5) is 24.8. The lowest BCUT2D eigenvalue weighted by Crippen LogP contribution is -2.50. The van der Waals surface area contributed by atoms with Crippen LogP contribution in [0.1, 0.15) is 31.6 Å². The van der Waals surface area contributed by atoms with Crippen LogP contribution in [0.4, 0.5) is 0 Å². The number of nitrogens with zero attached hydrogens (tertiary/aromatic N) is 5.